The summed E-state index contributed by atoms with van der Waals surface area (Å²) in [5.41, 5.74) is 1.40. The fourth-order valence-corrected chi connectivity index (χ4v) is 2.99. The van der Waals surface area contributed by atoms with Crippen molar-refractivity contribution in [3.63, 3.8) is 0 Å². The Morgan fingerprint density at radius 3 is 2.72 bits per heavy atom. The molecule has 0 amide bonds. The van der Waals surface area contributed by atoms with Gasteiger partial charge in [0.25, 0.3) is 0 Å². The number of nitrogens with one attached hydrogen (secondary N) is 1. The summed E-state index contributed by atoms with van der Waals surface area (Å²) < 4.78 is 0. The van der Waals surface area contributed by atoms with E-state index in [9.17, 15) is 0 Å². The molecule has 0 saturated carbocycles. The SMILES string of the molecule is CCCCCCSc1cccc(C(C)NCC)c1. The second kappa shape index (κ2) is 9.46. The molecule has 0 aliphatic carbocycles. The van der Waals surface area contributed by atoms with E-state index in [2.05, 4.69) is 50.4 Å². The number of benzene rings is 1. The molecule has 0 fully saturated rings. The van der Waals surface area contributed by atoms with Crippen molar-refractivity contribution in [2.45, 2.75) is 57.4 Å². The summed E-state index contributed by atoms with van der Waals surface area (Å²) in [4.78, 5) is 1.41. The van der Waals surface area contributed by atoms with Crippen LogP contribution < -0.4 is 5.32 Å². The van der Waals surface area contributed by atoms with Gasteiger partial charge in [0.1, 0.15) is 0 Å². The van der Waals surface area contributed by atoms with E-state index in [0.717, 1.165) is 6.54 Å². The van der Waals surface area contributed by atoms with Crippen molar-refractivity contribution in [2.75, 3.05) is 12.3 Å². The highest BCUT2D eigenvalue weighted by molar-refractivity contribution is 7.99. The zero-order chi connectivity index (χ0) is 13.2. The van der Waals surface area contributed by atoms with Crippen molar-refractivity contribution in [3.8, 4) is 0 Å². The average molecular weight is 265 g/mol. The molecular formula is C16H27NS. The molecule has 0 spiro atoms. The Kier molecular flexibility index (Phi) is 8.19. The monoisotopic (exact) mass is 265 g/mol. The van der Waals surface area contributed by atoms with E-state index < -0.39 is 0 Å². The number of rotatable bonds is 9. The van der Waals surface area contributed by atoms with Crippen LogP contribution in [0.1, 0.15) is 58.1 Å². The molecular weight excluding hydrogens is 238 g/mol. The summed E-state index contributed by atoms with van der Waals surface area (Å²) in [6, 6.07) is 9.41. The molecule has 0 radical (unpaired) electrons. The molecule has 0 bridgehead atoms. The van der Waals surface area contributed by atoms with Crippen molar-refractivity contribution in [2.24, 2.45) is 0 Å². The predicted molar refractivity (Wildman–Crippen MR) is 83.4 cm³/mol. The van der Waals surface area contributed by atoms with E-state index in [4.69, 9.17) is 0 Å². The molecule has 0 heterocycles. The van der Waals surface area contributed by atoms with Crippen molar-refractivity contribution in [1.82, 2.24) is 5.32 Å². The third-order valence-corrected chi connectivity index (χ3v) is 4.22. The Hall–Kier alpha value is -0.470. The first-order valence-corrected chi connectivity index (χ1v) is 8.22. The van der Waals surface area contributed by atoms with Gasteiger partial charge in [0, 0.05) is 10.9 Å². The van der Waals surface area contributed by atoms with E-state index in [-0.39, 0.29) is 0 Å². The standard InChI is InChI=1S/C16H27NS/c1-4-6-7-8-12-18-16-11-9-10-15(13-16)14(3)17-5-2/h9-11,13-14,17H,4-8,12H2,1-3H3. The van der Waals surface area contributed by atoms with Gasteiger partial charge < -0.3 is 5.32 Å². The lowest BCUT2D eigenvalue weighted by Gasteiger charge is -2.13. The molecule has 0 aliphatic rings. The zero-order valence-electron chi connectivity index (χ0n) is 12.0. The third kappa shape index (κ3) is 5.92. The van der Waals surface area contributed by atoms with Crippen LogP contribution >= 0.6 is 11.8 Å². The minimum absolute atomic E-state index is 0.454. The first-order valence-electron chi connectivity index (χ1n) is 7.24. The average Bonchev–Trinajstić information content (AvgIpc) is 2.39. The molecule has 1 aromatic rings. The molecule has 1 rings (SSSR count). The van der Waals surface area contributed by atoms with Gasteiger partial charge in [-0.1, -0.05) is 45.2 Å². The third-order valence-electron chi connectivity index (χ3n) is 3.14. The lowest BCUT2D eigenvalue weighted by Crippen LogP contribution is -2.17. The maximum Gasteiger partial charge on any atom is 0.0292 e. The normalized spacial score (nSPS) is 12.6. The molecule has 0 aliphatic heterocycles. The van der Waals surface area contributed by atoms with Gasteiger partial charge in [-0.05, 0) is 43.3 Å². The fourth-order valence-electron chi connectivity index (χ4n) is 2.02. The second-order valence-electron chi connectivity index (χ2n) is 4.76. The van der Waals surface area contributed by atoms with Crippen molar-refractivity contribution in [1.29, 1.82) is 0 Å². The van der Waals surface area contributed by atoms with Crippen LogP contribution in [-0.2, 0) is 0 Å². The number of thioether (sulfide) groups is 1. The van der Waals surface area contributed by atoms with Crippen LogP contribution in [-0.4, -0.2) is 12.3 Å². The predicted octanol–water partition coefficient (Wildman–Crippen LogP) is 5.03. The minimum atomic E-state index is 0.454. The maximum atomic E-state index is 3.46. The molecule has 0 saturated heterocycles. The molecule has 0 aromatic heterocycles. The van der Waals surface area contributed by atoms with Gasteiger partial charge >= 0.3 is 0 Å². The second-order valence-corrected chi connectivity index (χ2v) is 5.93. The molecule has 1 nitrogen and oxygen atoms in total. The van der Waals surface area contributed by atoms with Crippen LogP contribution in [0.25, 0.3) is 0 Å². The Balaban J connectivity index is 2.39. The van der Waals surface area contributed by atoms with E-state index in [0.29, 0.717) is 6.04 Å². The van der Waals surface area contributed by atoms with Crippen LogP contribution in [0, 0.1) is 0 Å². The highest BCUT2D eigenvalue weighted by Gasteiger charge is 2.04. The Morgan fingerprint density at radius 1 is 1.17 bits per heavy atom. The topological polar surface area (TPSA) is 12.0 Å². The van der Waals surface area contributed by atoms with Gasteiger partial charge in [-0.2, -0.15) is 0 Å². The molecule has 18 heavy (non-hydrogen) atoms. The van der Waals surface area contributed by atoms with Crippen LogP contribution in [0.3, 0.4) is 0 Å². The summed E-state index contributed by atoms with van der Waals surface area (Å²) in [6.07, 6.45) is 5.40. The van der Waals surface area contributed by atoms with Crippen molar-refractivity contribution in [3.05, 3.63) is 29.8 Å². The first kappa shape index (κ1) is 15.6. The molecule has 102 valence electrons. The molecule has 1 atom stereocenters. The fraction of sp³-hybridized carbons (Fsp3) is 0.625. The van der Waals surface area contributed by atoms with Gasteiger partial charge in [0.15, 0.2) is 0 Å². The van der Waals surface area contributed by atoms with Crippen molar-refractivity contribution < 1.29 is 0 Å². The first-order chi connectivity index (χ1) is 8.77. The largest absolute Gasteiger partial charge is 0.310 e. The van der Waals surface area contributed by atoms with Gasteiger partial charge in [-0.25, -0.2) is 0 Å². The van der Waals surface area contributed by atoms with Crippen molar-refractivity contribution >= 4 is 11.8 Å². The summed E-state index contributed by atoms with van der Waals surface area (Å²) in [5, 5.41) is 3.46. The number of unbranched alkanes of at least 4 members (excludes halogenated alkanes) is 3. The van der Waals surface area contributed by atoms with Crippen LogP contribution in [0.2, 0.25) is 0 Å². The van der Waals surface area contributed by atoms with Gasteiger partial charge in [0.2, 0.25) is 0 Å². The van der Waals surface area contributed by atoms with Crippen LogP contribution in [0.15, 0.2) is 29.2 Å². The van der Waals surface area contributed by atoms with Crippen LogP contribution in [0.4, 0.5) is 0 Å². The van der Waals surface area contributed by atoms with E-state index in [1.165, 1.54) is 41.9 Å². The Bertz CT molecular complexity index is 325. The highest BCUT2D eigenvalue weighted by Crippen LogP contribution is 2.23. The Morgan fingerprint density at radius 2 is 2.00 bits per heavy atom. The summed E-state index contributed by atoms with van der Waals surface area (Å²) >= 11 is 1.99. The van der Waals surface area contributed by atoms with E-state index in [1.807, 2.05) is 11.8 Å². The summed E-state index contributed by atoms with van der Waals surface area (Å²) in [5.74, 6) is 1.25. The molecule has 2 heteroatoms. The lowest BCUT2D eigenvalue weighted by molar-refractivity contribution is 0.597. The van der Waals surface area contributed by atoms with Gasteiger partial charge in [0.05, 0.1) is 0 Å². The van der Waals surface area contributed by atoms with E-state index in [1.54, 1.807) is 0 Å². The Labute approximate surface area is 117 Å². The summed E-state index contributed by atoms with van der Waals surface area (Å²) in [6.45, 7) is 7.67. The number of hydrogen-bond donors (Lipinski definition) is 1. The minimum Gasteiger partial charge on any atom is -0.310 e. The quantitative estimate of drug-likeness (QED) is 0.496. The van der Waals surface area contributed by atoms with Crippen LogP contribution in [0.5, 0.6) is 0 Å². The highest BCUT2D eigenvalue weighted by atomic mass is 32.2. The summed E-state index contributed by atoms with van der Waals surface area (Å²) in [7, 11) is 0. The smallest absolute Gasteiger partial charge is 0.0292 e. The molecule has 1 unspecified atom stereocenters. The molecule has 1 N–H and O–H groups in total. The lowest BCUT2D eigenvalue weighted by atomic mass is 10.1. The maximum absolute atomic E-state index is 3.46. The van der Waals surface area contributed by atoms with Gasteiger partial charge in [-0.15, -0.1) is 11.8 Å². The molecule has 1 aromatic carbocycles. The van der Waals surface area contributed by atoms with E-state index >= 15 is 0 Å². The van der Waals surface area contributed by atoms with Gasteiger partial charge in [-0.3, -0.25) is 0 Å². The number of hydrogen-bond acceptors (Lipinski definition) is 2. The zero-order valence-corrected chi connectivity index (χ0v) is 12.9.